The lowest BCUT2D eigenvalue weighted by Gasteiger charge is -2.17. The molecule has 0 aromatic carbocycles. The lowest BCUT2D eigenvalue weighted by atomic mass is 10.1. The Morgan fingerprint density at radius 2 is 1.86 bits per heavy atom. The molecule has 0 aliphatic carbocycles. The van der Waals surface area contributed by atoms with Gasteiger partial charge in [0.05, 0.1) is 18.2 Å². The molecule has 2 aromatic rings. The highest BCUT2D eigenvalue weighted by atomic mass is 15.1. The molecule has 0 aliphatic heterocycles. The Morgan fingerprint density at radius 1 is 1.18 bits per heavy atom. The summed E-state index contributed by atoms with van der Waals surface area (Å²) in [5, 5.41) is 11.9. The van der Waals surface area contributed by atoms with Gasteiger partial charge < -0.3 is 5.32 Å². The zero-order chi connectivity index (χ0) is 16.4. The van der Waals surface area contributed by atoms with Crippen molar-refractivity contribution in [2.75, 3.05) is 5.32 Å². The van der Waals surface area contributed by atoms with Gasteiger partial charge in [-0.25, -0.2) is 9.97 Å². The van der Waals surface area contributed by atoms with Crippen molar-refractivity contribution in [2.45, 2.75) is 40.2 Å². The summed E-state index contributed by atoms with van der Waals surface area (Å²) in [6, 6.07) is 8.14. The predicted molar refractivity (Wildman–Crippen MR) is 88.2 cm³/mol. The van der Waals surface area contributed by atoms with Gasteiger partial charge in [-0.05, 0) is 37.5 Å². The molecular weight excluding hydrogens is 274 g/mol. The standard InChI is InChI=1S/C12H18N4.C5H5N/c1-8(2)10(4)15-12-14-7-9(3)11(16-12)5-6-13;1-2-4-6-5-3-1/h7-8,10H,5H2,1-4H3,(H,14,15,16);1-5H. The van der Waals surface area contributed by atoms with Crippen molar-refractivity contribution in [1.29, 1.82) is 5.26 Å². The second kappa shape index (κ2) is 9.46. The lowest BCUT2D eigenvalue weighted by molar-refractivity contribution is 0.556. The zero-order valence-corrected chi connectivity index (χ0v) is 13.6. The van der Waals surface area contributed by atoms with Crippen molar-refractivity contribution in [2.24, 2.45) is 5.92 Å². The van der Waals surface area contributed by atoms with Crippen LogP contribution in [0.25, 0.3) is 0 Å². The second-order valence-corrected chi connectivity index (χ2v) is 5.36. The van der Waals surface area contributed by atoms with Crippen molar-refractivity contribution in [3.8, 4) is 6.07 Å². The third-order valence-electron chi connectivity index (χ3n) is 3.25. The van der Waals surface area contributed by atoms with Crippen LogP contribution in [0.1, 0.15) is 32.0 Å². The third-order valence-corrected chi connectivity index (χ3v) is 3.25. The van der Waals surface area contributed by atoms with E-state index in [0.717, 1.165) is 11.3 Å². The van der Waals surface area contributed by atoms with E-state index in [1.54, 1.807) is 18.6 Å². The molecule has 0 amide bonds. The third kappa shape index (κ3) is 6.31. The Kier molecular flexibility index (Phi) is 7.55. The second-order valence-electron chi connectivity index (χ2n) is 5.36. The van der Waals surface area contributed by atoms with Crippen molar-refractivity contribution >= 4 is 5.95 Å². The van der Waals surface area contributed by atoms with E-state index >= 15 is 0 Å². The molecule has 0 spiro atoms. The highest BCUT2D eigenvalue weighted by Gasteiger charge is 2.09. The number of aryl methyl sites for hydroxylation is 1. The molecule has 0 fully saturated rings. The summed E-state index contributed by atoms with van der Waals surface area (Å²) in [7, 11) is 0. The van der Waals surface area contributed by atoms with E-state index in [-0.39, 0.29) is 0 Å². The Balaban J connectivity index is 0.000000335. The Labute approximate surface area is 132 Å². The van der Waals surface area contributed by atoms with Crippen LogP contribution in [-0.2, 0) is 6.42 Å². The number of pyridine rings is 1. The van der Waals surface area contributed by atoms with Crippen LogP contribution in [0.2, 0.25) is 0 Å². The molecule has 2 aromatic heterocycles. The fourth-order valence-electron chi connectivity index (χ4n) is 1.48. The first-order valence-electron chi connectivity index (χ1n) is 7.35. The molecule has 0 saturated carbocycles. The quantitative estimate of drug-likeness (QED) is 0.936. The van der Waals surface area contributed by atoms with Crippen molar-refractivity contribution in [1.82, 2.24) is 15.0 Å². The zero-order valence-electron chi connectivity index (χ0n) is 13.6. The van der Waals surface area contributed by atoms with Crippen LogP contribution < -0.4 is 5.32 Å². The summed E-state index contributed by atoms with van der Waals surface area (Å²) in [5.74, 6) is 1.13. The van der Waals surface area contributed by atoms with E-state index in [0.29, 0.717) is 24.3 Å². The maximum atomic E-state index is 8.67. The SMILES string of the molecule is Cc1cnc(NC(C)C(C)C)nc1CC#N.c1ccncc1. The number of nitrogens with one attached hydrogen (secondary N) is 1. The van der Waals surface area contributed by atoms with Crippen LogP contribution in [0.3, 0.4) is 0 Å². The van der Waals surface area contributed by atoms with Gasteiger partial charge in [0.25, 0.3) is 0 Å². The van der Waals surface area contributed by atoms with Gasteiger partial charge >= 0.3 is 0 Å². The fraction of sp³-hybridized carbons (Fsp3) is 0.412. The molecule has 2 rings (SSSR count). The molecular formula is C17H23N5. The van der Waals surface area contributed by atoms with Crippen molar-refractivity contribution in [3.63, 3.8) is 0 Å². The van der Waals surface area contributed by atoms with Crippen molar-refractivity contribution < 1.29 is 0 Å². The first-order chi connectivity index (χ1) is 10.5. The predicted octanol–water partition coefficient (Wildman–Crippen LogP) is 3.39. The first kappa shape index (κ1) is 17.6. The molecule has 22 heavy (non-hydrogen) atoms. The van der Waals surface area contributed by atoms with E-state index in [1.807, 2.05) is 25.1 Å². The summed E-state index contributed by atoms with van der Waals surface area (Å²) in [4.78, 5) is 12.3. The summed E-state index contributed by atoms with van der Waals surface area (Å²) < 4.78 is 0. The van der Waals surface area contributed by atoms with Crippen LogP contribution >= 0.6 is 0 Å². The van der Waals surface area contributed by atoms with Crippen LogP contribution in [0.15, 0.2) is 36.8 Å². The van der Waals surface area contributed by atoms with E-state index in [4.69, 9.17) is 5.26 Å². The van der Waals surface area contributed by atoms with Crippen LogP contribution in [0.5, 0.6) is 0 Å². The van der Waals surface area contributed by atoms with Gasteiger partial charge in [0.15, 0.2) is 0 Å². The van der Waals surface area contributed by atoms with Gasteiger partial charge in [-0.15, -0.1) is 0 Å². The van der Waals surface area contributed by atoms with E-state index in [9.17, 15) is 0 Å². The smallest absolute Gasteiger partial charge is 0.223 e. The Morgan fingerprint density at radius 3 is 2.32 bits per heavy atom. The number of anilines is 1. The minimum absolute atomic E-state index is 0.317. The van der Waals surface area contributed by atoms with Gasteiger partial charge in [0, 0.05) is 24.6 Å². The Bertz CT molecular complexity index is 563. The van der Waals surface area contributed by atoms with Crippen LogP contribution in [0, 0.1) is 24.2 Å². The normalized spacial score (nSPS) is 11.1. The number of rotatable bonds is 4. The monoisotopic (exact) mass is 297 g/mol. The largest absolute Gasteiger partial charge is 0.352 e. The number of hydrogen-bond donors (Lipinski definition) is 1. The molecule has 2 heterocycles. The van der Waals surface area contributed by atoms with Gasteiger partial charge in [0.1, 0.15) is 0 Å². The number of nitriles is 1. The topological polar surface area (TPSA) is 74.5 Å². The highest BCUT2D eigenvalue weighted by molar-refractivity contribution is 5.31. The van der Waals surface area contributed by atoms with Crippen LogP contribution in [0.4, 0.5) is 5.95 Å². The number of aromatic nitrogens is 3. The molecule has 0 saturated heterocycles. The average molecular weight is 297 g/mol. The maximum absolute atomic E-state index is 8.67. The molecule has 5 heteroatoms. The van der Waals surface area contributed by atoms with Crippen molar-refractivity contribution in [3.05, 3.63) is 48.0 Å². The molecule has 0 radical (unpaired) electrons. The number of hydrogen-bond acceptors (Lipinski definition) is 5. The van der Waals surface area contributed by atoms with Gasteiger partial charge in [-0.3, -0.25) is 4.98 Å². The molecule has 1 N–H and O–H groups in total. The first-order valence-corrected chi connectivity index (χ1v) is 7.35. The summed E-state index contributed by atoms with van der Waals surface area (Å²) in [6.07, 6.45) is 5.59. The van der Waals surface area contributed by atoms with E-state index in [1.165, 1.54) is 0 Å². The highest BCUT2D eigenvalue weighted by Crippen LogP contribution is 2.11. The van der Waals surface area contributed by atoms with Gasteiger partial charge in [-0.2, -0.15) is 5.26 Å². The molecule has 116 valence electrons. The summed E-state index contributed by atoms with van der Waals surface area (Å²) >= 11 is 0. The van der Waals surface area contributed by atoms with Crippen LogP contribution in [-0.4, -0.2) is 21.0 Å². The molecule has 0 bridgehead atoms. The molecule has 1 atom stereocenters. The minimum Gasteiger partial charge on any atom is -0.352 e. The summed E-state index contributed by atoms with van der Waals surface area (Å²) in [5.41, 5.74) is 1.76. The number of nitrogens with zero attached hydrogens (tertiary/aromatic N) is 4. The fourth-order valence-corrected chi connectivity index (χ4v) is 1.48. The molecule has 0 aliphatic rings. The minimum atomic E-state index is 0.317. The Hall–Kier alpha value is -2.48. The van der Waals surface area contributed by atoms with Gasteiger partial charge in [-0.1, -0.05) is 19.9 Å². The maximum Gasteiger partial charge on any atom is 0.223 e. The molecule has 5 nitrogen and oxygen atoms in total. The molecule has 1 unspecified atom stereocenters. The van der Waals surface area contributed by atoms with E-state index in [2.05, 4.69) is 47.1 Å². The van der Waals surface area contributed by atoms with Gasteiger partial charge in [0.2, 0.25) is 5.95 Å². The van der Waals surface area contributed by atoms with E-state index < -0.39 is 0 Å². The summed E-state index contributed by atoms with van der Waals surface area (Å²) in [6.45, 7) is 8.30. The average Bonchev–Trinajstić information content (AvgIpc) is 2.53. The lowest BCUT2D eigenvalue weighted by Crippen LogP contribution is -2.23.